The molecule has 1 aromatic heterocycles. The molecule has 1 fully saturated rings. The van der Waals surface area contributed by atoms with Crippen molar-refractivity contribution >= 4 is 5.82 Å². The van der Waals surface area contributed by atoms with Gasteiger partial charge in [0.15, 0.2) is 0 Å². The van der Waals surface area contributed by atoms with Gasteiger partial charge in [0, 0.05) is 18.7 Å². The Morgan fingerprint density at radius 1 is 1.30 bits per heavy atom. The minimum Gasteiger partial charge on any atom is -0.481 e. The summed E-state index contributed by atoms with van der Waals surface area (Å²) in [5.74, 6) is 1.55. The minimum absolute atomic E-state index is 0.661. The van der Waals surface area contributed by atoms with E-state index >= 15 is 0 Å². The van der Waals surface area contributed by atoms with E-state index in [4.69, 9.17) is 4.74 Å². The van der Waals surface area contributed by atoms with E-state index in [9.17, 15) is 0 Å². The van der Waals surface area contributed by atoms with Crippen molar-refractivity contribution in [3.8, 4) is 5.88 Å². The molecular formula is C16H27N3O. The summed E-state index contributed by atoms with van der Waals surface area (Å²) in [6, 6.07) is 6.61. The van der Waals surface area contributed by atoms with E-state index < -0.39 is 0 Å². The van der Waals surface area contributed by atoms with Crippen molar-refractivity contribution in [2.24, 2.45) is 0 Å². The molecule has 1 N–H and O–H groups in total. The standard InChI is InChI=1S/C16H27N3O/c1-19(14-8-4-3-5-9-14)13-7-12-17-15-10-6-11-16(18-15)20-2/h6,10-11,14H,3-5,7-9,12-13H2,1-2H3,(H,17,18). The van der Waals surface area contributed by atoms with Gasteiger partial charge in [0.25, 0.3) is 0 Å². The van der Waals surface area contributed by atoms with Crippen LogP contribution in [0, 0.1) is 0 Å². The first-order valence-electron chi connectivity index (χ1n) is 7.75. The molecule has 4 heteroatoms. The second-order valence-electron chi connectivity index (χ2n) is 5.62. The van der Waals surface area contributed by atoms with Crippen LogP contribution >= 0.6 is 0 Å². The molecule has 1 aliphatic carbocycles. The van der Waals surface area contributed by atoms with Crippen LogP contribution in [0.15, 0.2) is 18.2 Å². The summed E-state index contributed by atoms with van der Waals surface area (Å²) in [6.07, 6.45) is 8.13. The van der Waals surface area contributed by atoms with Crippen molar-refractivity contribution < 1.29 is 4.74 Å². The van der Waals surface area contributed by atoms with Gasteiger partial charge in [-0.05, 0) is 38.9 Å². The Labute approximate surface area is 122 Å². The Morgan fingerprint density at radius 2 is 2.10 bits per heavy atom. The number of rotatable bonds is 7. The molecule has 0 bridgehead atoms. The smallest absolute Gasteiger partial charge is 0.214 e. The highest BCUT2D eigenvalue weighted by atomic mass is 16.5. The zero-order chi connectivity index (χ0) is 14.2. The molecule has 1 aliphatic rings. The molecule has 112 valence electrons. The summed E-state index contributed by atoms with van der Waals surface area (Å²) < 4.78 is 5.12. The van der Waals surface area contributed by atoms with Gasteiger partial charge in [-0.1, -0.05) is 25.3 Å². The molecule has 0 aliphatic heterocycles. The number of nitrogens with zero attached hydrogens (tertiary/aromatic N) is 2. The number of anilines is 1. The van der Waals surface area contributed by atoms with E-state index in [0.29, 0.717) is 5.88 Å². The first kappa shape index (κ1) is 15.1. The molecule has 1 aromatic rings. The van der Waals surface area contributed by atoms with Crippen LogP contribution < -0.4 is 10.1 Å². The van der Waals surface area contributed by atoms with Gasteiger partial charge in [0.1, 0.15) is 5.82 Å². The predicted octanol–water partition coefficient (Wildman–Crippen LogP) is 3.16. The number of aromatic nitrogens is 1. The average molecular weight is 277 g/mol. The summed E-state index contributed by atoms with van der Waals surface area (Å²) in [5.41, 5.74) is 0. The van der Waals surface area contributed by atoms with Crippen molar-refractivity contribution in [3.63, 3.8) is 0 Å². The highest BCUT2D eigenvalue weighted by Crippen LogP contribution is 2.21. The molecule has 0 atom stereocenters. The first-order valence-corrected chi connectivity index (χ1v) is 7.75. The van der Waals surface area contributed by atoms with Crippen LogP contribution in [0.4, 0.5) is 5.82 Å². The van der Waals surface area contributed by atoms with Gasteiger partial charge in [-0.3, -0.25) is 0 Å². The van der Waals surface area contributed by atoms with Crippen molar-refractivity contribution in [2.45, 2.75) is 44.6 Å². The summed E-state index contributed by atoms with van der Waals surface area (Å²) in [7, 11) is 3.91. The maximum atomic E-state index is 5.12. The van der Waals surface area contributed by atoms with Gasteiger partial charge in [0.2, 0.25) is 5.88 Å². The van der Waals surface area contributed by atoms with Crippen LogP contribution in [-0.4, -0.2) is 43.2 Å². The van der Waals surface area contributed by atoms with Gasteiger partial charge in [-0.25, -0.2) is 0 Å². The molecule has 0 radical (unpaired) electrons. The number of hydrogen-bond donors (Lipinski definition) is 1. The van der Waals surface area contributed by atoms with Crippen molar-refractivity contribution in [1.29, 1.82) is 0 Å². The molecule has 0 amide bonds. The van der Waals surface area contributed by atoms with Gasteiger partial charge in [0.05, 0.1) is 7.11 Å². The molecule has 0 saturated heterocycles. The number of ether oxygens (including phenoxy) is 1. The molecule has 1 saturated carbocycles. The van der Waals surface area contributed by atoms with Crippen LogP contribution in [0.5, 0.6) is 5.88 Å². The minimum atomic E-state index is 0.661. The number of pyridine rings is 1. The topological polar surface area (TPSA) is 37.4 Å². The summed E-state index contributed by atoms with van der Waals surface area (Å²) in [5, 5.41) is 3.36. The summed E-state index contributed by atoms with van der Waals surface area (Å²) in [6.45, 7) is 2.11. The van der Waals surface area contributed by atoms with Crippen LogP contribution in [0.25, 0.3) is 0 Å². The Balaban J connectivity index is 1.65. The van der Waals surface area contributed by atoms with Crippen LogP contribution in [-0.2, 0) is 0 Å². The summed E-state index contributed by atoms with van der Waals surface area (Å²) in [4.78, 5) is 6.88. The van der Waals surface area contributed by atoms with Crippen LogP contribution in [0.2, 0.25) is 0 Å². The van der Waals surface area contributed by atoms with E-state index in [1.54, 1.807) is 7.11 Å². The van der Waals surface area contributed by atoms with Gasteiger partial charge >= 0.3 is 0 Å². The fourth-order valence-corrected chi connectivity index (χ4v) is 2.88. The van der Waals surface area contributed by atoms with E-state index in [1.165, 1.54) is 32.1 Å². The fourth-order valence-electron chi connectivity index (χ4n) is 2.88. The Morgan fingerprint density at radius 3 is 2.85 bits per heavy atom. The second kappa shape index (κ2) is 8.10. The molecule has 2 rings (SSSR count). The number of nitrogens with one attached hydrogen (secondary N) is 1. The Bertz CT molecular complexity index is 391. The molecule has 0 spiro atoms. The first-order chi connectivity index (χ1) is 9.79. The molecule has 1 heterocycles. The maximum absolute atomic E-state index is 5.12. The van der Waals surface area contributed by atoms with Gasteiger partial charge in [-0.15, -0.1) is 0 Å². The third kappa shape index (κ3) is 4.67. The molecule has 4 nitrogen and oxygen atoms in total. The lowest BCUT2D eigenvalue weighted by Gasteiger charge is -2.31. The second-order valence-corrected chi connectivity index (χ2v) is 5.62. The Kier molecular flexibility index (Phi) is 6.12. The monoisotopic (exact) mass is 277 g/mol. The Hall–Kier alpha value is -1.29. The van der Waals surface area contributed by atoms with E-state index in [2.05, 4.69) is 22.2 Å². The lowest BCUT2D eigenvalue weighted by molar-refractivity contribution is 0.191. The lowest BCUT2D eigenvalue weighted by atomic mass is 9.94. The van der Waals surface area contributed by atoms with Gasteiger partial charge < -0.3 is 15.0 Å². The normalized spacial score (nSPS) is 16.4. The average Bonchev–Trinajstić information content (AvgIpc) is 2.52. The molecule has 20 heavy (non-hydrogen) atoms. The highest BCUT2D eigenvalue weighted by molar-refractivity contribution is 5.36. The third-order valence-corrected chi connectivity index (χ3v) is 4.12. The van der Waals surface area contributed by atoms with Crippen molar-refractivity contribution in [1.82, 2.24) is 9.88 Å². The maximum Gasteiger partial charge on any atom is 0.214 e. The van der Waals surface area contributed by atoms with Crippen LogP contribution in [0.3, 0.4) is 0 Å². The van der Waals surface area contributed by atoms with Gasteiger partial charge in [-0.2, -0.15) is 4.98 Å². The quantitative estimate of drug-likeness (QED) is 0.777. The fraction of sp³-hybridized carbons (Fsp3) is 0.688. The zero-order valence-electron chi connectivity index (χ0n) is 12.8. The number of methoxy groups -OCH3 is 1. The van der Waals surface area contributed by atoms with Crippen LogP contribution in [0.1, 0.15) is 38.5 Å². The van der Waals surface area contributed by atoms with Crippen molar-refractivity contribution in [2.75, 3.05) is 32.6 Å². The third-order valence-electron chi connectivity index (χ3n) is 4.12. The summed E-state index contributed by atoms with van der Waals surface area (Å²) >= 11 is 0. The molecule has 0 unspecified atom stereocenters. The highest BCUT2D eigenvalue weighted by Gasteiger charge is 2.17. The predicted molar refractivity (Wildman–Crippen MR) is 83.4 cm³/mol. The van der Waals surface area contributed by atoms with Crippen molar-refractivity contribution in [3.05, 3.63) is 18.2 Å². The number of hydrogen-bond acceptors (Lipinski definition) is 4. The molecular weight excluding hydrogens is 250 g/mol. The largest absolute Gasteiger partial charge is 0.481 e. The van der Waals surface area contributed by atoms with E-state index in [1.807, 2.05) is 18.2 Å². The zero-order valence-corrected chi connectivity index (χ0v) is 12.8. The lowest BCUT2D eigenvalue weighted by Crippen LogP contribution is -2.34. The SMILES string of the molecule is COc1cccc(NCCCN(C)C2CCCCC2)n1. The van der Waals surface area contributed by atoms with E-state index in [-0.39, 0.29) is 0 Å². The van der Waals surface area contributed by atoms with E-state index in [0.717, 1.165) is 31.4 Å². The molecule has 0 aromatic carbocycles.